The Labute approximate surface area is 193 Å². The van der Waals surface area contributed by atoms with Gasteiger partial charge in [-0.3, -0.25) is 0 Å². The molecule has 3 aliphatic rings. The highest BCUT2D eigenvalue weighted by Crippen LogP contribution is 2.52. The fourth-order valence-electron chi connectivity index (χ4n) is 5.78. The van der Waals surface area contributed by atoms with Crippen LogP contribution in [0.1, 0.15) is 75.9 Å². The third kappa shape index (κ3) is 4.11. The maximum absolute atomic E-state index is 5.81. The lowest BCUT2D eigenvalue weighted by Crippen LogP contribution is -2.42. The molecule has 6 rings (SSSR count). The standard InChI is InChI=1S/C25H31N5O3/c1-2-31-24-29-28-22(32-24)17-5-3-7-20(13-17)26-15-19-10-12-25(11-4-6-18(19)14-25)23-27-21(30-33-23)16-8-9-16/h3,5,7,13,16,18-19,26H,2,4,6,8-12,14-15H2,1H3. The van der Waals surface area contributed by atoms with Gasteiger partial charge in [-0.25, -0.2) is 0 Å². The second-order valence-corrected chi connectivity index (χ2v) is 9.94. The molecular formula is C25H31N5O3. The number of hydrogen-bond donors (Lipinski definition) is 1. The number of ether oxygens (including phenoxy) is 1. The van der Waals surface area contributed by atoms with Crippen LogP contribution in [0.5, 0.6) is 6.08 Å². The third-order valence-corrected chi connectivity index (χ3v) is 7.73. The van der Waals surface area contributed by atoms with E-state index in [0.29, 0.717) is 30.3 Å². The van der Waals surface area contributed by atoms with E-state index in [9.17, 15) is 0 Å². The van der Waals surface area contributed by atoms with Crippen LogP contribution in [-0.2, 0) is 5.41 Å². The molecule has 1 N–H and O–H groups in total. The molecule has 0 saturated heterocycles. The number of fused-ring (bicyclic) bond motifs is 2. The Bertz CT molecular complexity index is 1110. The zero-order chi connectivity index (χ0) is 22.3. The highest BCUT2D eigenvalue weighted by Gasteiger charge is 2.48. The molecule has 2 aromatic heterocycles. The molecule has 1 aromatic carbocycles. The first-order chi connectivity index (χ1) is 16.2. The molecular weight excluding hydrogens is 418 g/mol. The van der Waals surface area contributed by atoms with E-state index < -0.39 is 0 Å². The quantitative estimate of drug-likeness (QED) is 0.492. The van der Waals surface area contributed by atoms with Crippen LogP contribution in [0.4, 0.5) is 5.69 Å². The maximum Gasteiger partial charge on any atom is 0.414 e. The van der Waals surface area contributed by atoms with Crippen molar-refractivity contribution in [3.8, 4) is 17.5 Å². The Morgan fingerprint density at radius 3 is 2.97 bits per heavy atom. The van der Waals surface area contributed by atoms with Gasteiger partial charge < -0.3 is 19.0 Å². The van der Waals surface area contributed by atoms with Crippen molar-refractivity contribution in [3.05, 3.63) is 36.0 Å². The molecule has 2 bridgehead atoms. The van der Waals surface area contributed by atoms with Crippen molar-refractivity contribution in [3.63, 3.8) is 0 Å². The lowest BCUT2D eigenvalue weighted by molar-refractivity contribution is 0.0732. The van der Waals surface area contributed by atoms with E-state index in [1.807, 2.05) is 19.1 Å². The minimum Gasteiger partial charge on any atom is -0.449 e. The van der Waals surface area contributed by atoms with Gasteiger partial charge in [-0.05, 0) is 75.5 Å². The monoisotopic (exact) mass is 449 g/mol. The van der Waals surface area contributed by atoms with Gasteiger partial charge in [-0.1, -0.05) is 29.2 Å². The van der Waals surface area contributed by atoms with Crippen LogP contribution < -0.4 is 10.1 Å². The van der Waals surface area contributed by atoms with Crippen LogP contribution in [0.25, 0.3) is 11.5 Å². The second-order valence-electron chi connectivity index (χ2n) is 9.94. The second kappa shape index (κ2) is 8.47. The fourth-order valence-corrected chi connectivity index (χ4v) is 5.78. The zero-order valence-corrected chi connectivity index (χ0v) is 19.1. The van der Waals surface area contributed by atoms with Crippen molar-refractivity contribution in [1.29, 1.82) is 0 Å². The normalized spacial score (nSPS) is 26.8. The van der Waals surface area contributed by atoms with Crippen LogP contribution in [0.2, 0.25) is 0 Å². The molecule has 3 saturated carbocycles. The van der Waals surface area contributed by atoms with Crippen molar-refractivity contribution in [1.82, 2.24) is 20.3 Å². The number of anilines is 1. The molecule has 0 amide bonds. The van der Waals surface area contributed by atoms with E-state index >= 15 is 0 Å². The predicted molar refractivity (Wildman–Crippen MR) is 122 cm³/mol. The summed E-state index contributed by atoms with van der Waals surface area (Å²) in [6.07, 6.45) is 9.87. The topological polar surface area (TPSA) is 99.1 Å². The van der Waals surface area contributed by atoms with E-state index in [-0.39, 0.29) is 11.5 Å². The average Bonchev–Trinajstić information content (AvgIpc) is 3.37. The maximum atomic E-state index is 5.81. The van der Waals surface area contributed by atoms with Gasteiger partial charge in [0.1, 0.15) is 0 Å². The lowest BCUT2D eigenvalue weighted by atomic mass is 9.58. The molecule has 3 unspecified atom stereocenters. The number of benzene rings is 1. The van der Waals surface area contributed by atoms with Crippen molar-refractivity contribution in [2.75, 3.05) is 18.5 Å². The van der Waals surface area contributed by atoms with Crippen LogP contribution >= 0.6 is 0 Å². The first-order valence-electron chi connectivity index (χ1n) is 12.4. The minimum absolute atomic E-state index is 0.107. The Balaban J connectivity index is 1.10. The van der Waals surface area contributed by atoms with E-state index in [0.717, 1.165) is 35.9 Å². The lowest BCUT2D eigenvalue weighted by Gasteiger charge is -2.46. The average molecular weight is 450 g/mol. The summed E-state index contributed by atoms with van der Waals surface area (Å²) in [5, 5.41) is 16.0. The molecule has 33 heavy (non-hydrogen) atoms. The molecule has 3 fully saturated rings. The van der Waals surface area contributed by atoms with Crippen LogP contribution in [0.3, 0.4) is 0 Å². The molecule has 0 radical (unpaired) electrons. The highest BCUT2D eigenvalue weighted by molar-refractivity contribution is 5.61. The largest absolute Gasteiger partial charge is 0.449 e. The Kier molecular flexibility index (Phi) is 5.31. The van der Waals surface area contributed by atoms with Crippen molar-refractivity contribution >= 4 is 5.69 Å². The summed E-state index contributed by atoms with van der Waals surface area (Å²) in [5.74, 6) is 4.23. The SMILES string of the molecule is CCOc1nnc(-c2cccc(NCC3CCC4(c5nc(C6CC6)no5)CCCC3C4)c2)o1. The summed E-state index contributed by atoms with van der Waals surface area (Å²) in [7, 11) is 0. The summed E-state index contributed by atoms with van der Waals surface area (Å²) < 4.78 is 16.7. The molecule has 3 aliphatic carbocycles. The number of aromatic nitrogens is 4. The highest BCUT2D eigenvalue weighted by atomic mass is 16.6. The minimum atomic E-state index is 0.107. The summed E-state index contributed by atoms with van der Waals surface area (Å²) >= 11 is 0. The van der Waals surface area contributed by atoms with E-state index in [2.05, 4.69) is 32.8 Å². The molecule has 2 heterocycles. The third-order valence-electron chi connectivity index (χ3n) is 7.73. The predicted octanol–water partition coefficient (Wildman–Crippen LogP) is 5.35. The summed E-state index contributed by atoms with van der Waals surface area (Å²) in [4.78, 5) is 4.86. The number of nitrogens with zero attached hydrogens (tertiary/aromatic N) is 4. The smallest absolute Gasteiger partial charge is 0.414 e. The fraction of sp³-hybridized carbons (Fsp3) is 0.600. The van der Waals surface area contributed by atoms with E-state index in [4.69, 9.17) is 18.7 Å². The van der Waals surface area contributed by atoms with Gasteiger partial charge >= 0.3 is 6.08 Å². The van der Waals surface area contributed by atoms with Gasteiger partial charge in [0.15, 0.2) is 5.82 Å². The van der Waals surface area contributed by atoms with Crippen molar-refractivity contribution in [2.45, 2.75) is 69.6 Å². The summed E-state index contributed by atoms with van der Waals surface area (Å²) in [6.45, 7) is 3.36. The Hall–Kier alpha value is -2.90. The first-order valence-corrected chi connectivity index (χ1v) is 12.4. The molecule has 0 aliphatic heterocycles. The zero-order valence-electron chi connectivity index (χ0n) is 19.1. The Morgan fingerprint density at radius 2 is 2.09 bits per heavy atom. The molecule has 8 heteroatoms. The van der Waals surface area contributed by atoms with Gasteiger partial charge in [-0.15, -0.1) is 5.10 Å². The summed E-state index contributed by atoms with van der Waals surface area (Å²) in [5.41, 5.74) is 2.07. The van der Waals surface area contributed by atoms with Gasteiger partial charge in [0.2, 0.25) is 5.89 Å². The number of rotatable bonds is 8. The van der Waals surface area contributed by atoms with Crippen molar-refractivity contribution in [2.24, 2.45) is 11.8 Å². The molecule has 3 aromatic rings. The Morgan fingerprint density at radius 1 is 1.15 bits per heavy atom. The summed E-state index contributed by atoms with van der Waals surface area (Å²) in [6, 6.07) is 8.15. The van der Waals surface area contributed by atoms with Gasteiger partial charge in [0.05, 0.1) is 6.61 Å². The first kappa shape index (κ1) is 20.7. The molecule has 174 valence electrons. The van der Waals surface area contributed by atoms with Crippen LogP contribution in [-0.4, -0.2) is 33.5 Å². The number of nitrogens with one attached hydrogen (secondary N) is 1. The van der Waals surface area contributed by atoms with E-state index in [1.165, 1.54) is 44.9 Å². The van der Waals surface area contributed by atoms with Crippen molar-refractivity contribution < 1.29 is 13.7 Å². The van der Waals surface area contributed by atoms with E-state index in [1.54, 1.807) is 0 Å². The van der Waals surface area contributed by atoms with Gasteiger partial charge in [-0.2, -0.15) is 4.98 Å². The van der Waals surface area contributed by atoms with Gasteiger partial charge in [0.25, 0.3) is 5.89 Å². The van der Waals surface area contributed by atoms with Crippen LogP contribution in [0.15, 0.2) is 33.2 Å². The number of hydrogen-bond acceptors (Lipinski definition) is 8. The van der Waals surface area contributed by atoms with Crippen LogP contribution in [0, 0.1) is 11.8 Å². The molecule has 8 nitrogen and oxygen atoms in total. The molecule has 3 atom stereocenters. The molecule has 0 spiro atoms. The van der Waals surface area contributed by atoms with Gasteiger partial charge in [0, 0.05) is 29.1 Å².